The Morgan fingerprint density at radius 1 is 1.42 bits per heavy atom. The molecule has 1 aromatic carbocycles. The standard InChI is InChI=1S/C18H20N4O2/c1-3-24-18(23)17-15-12-21(2)9-8-16(15)22(20-17)11-14-7-5-4-6-13(14)10-19/h4-7H,3,8-9,11-12H2,1-2H3. The van der Waals surface area contributed by atoms with Crippen LogP contribution in [-0.4, -0.2) is 40.8 Å². The minimum Gasteiger partial charge on any atom is -0.461 e. The van der Waals surface area contributed by atoms with Crippen molar-refractivity contribution in [2.75, 3.05) is 20.2 Å². The highest BCUT2D eigenvalue weighted by atomic mass is 16.5. The summed E-state index contributed by atoms with van der Waals surface area (Å²) in [7, 11) is 2.03. The molecule has 124 valence electrons. The van der Waals surface area contributed by atoms with Gasteiger partial charge in [0.05, 0.1) is 24.8 Å². The first kappa shape index (κ1) is 16.2. The first-order chi connectivity index (χ1) is 11.6. The van der Waals surface area contributed by atoms with Gasteiger partial charge in [-0.3, -0.25) is 4.68 Å². The van der Waals surface area contributed by atoms with Crippen molar-refractivity contribution in [2.45, 2.75) is 26.4 Å². The summed E-state index contributed by atoms with van der Waals surface area (Å²) in [5.74, 6) is -0.378. The summed E-state index contributed by atoms with van der Waals surface area (Å²) in [5, 5.41) is 13.8. The van der Waals surface area contributed by atoms with Gasteiger partial charge in [0, 0.05) is 30.8 Å². The zero-order valence-electron chi connectivity index (χ0n) is 14.0. The average molecular weight is 324 g/mol. The molecule has 6 nitrogen and oxygen atoms in total. The Bertz CT molecular complexity index is 804. The van der Waals surface area contributed by atoms with Crippen LogP contribution in [0.2, 0.25) is 0 Å². The normalized spacial score (nSPS) is 14.0. The number of likely N-dealkylation sites (N-methyl/N-ethyl adjacent to an activating group) is 1. The quantitative estimate of drug-likeness (QED) is 0.804. The van der Waals surface area contributed by atoms with Crippen molar-refractivity contribution >= 4 is 5.97 Å². The van der Waals surface area contributed by atoms with Gasteiger partial charge in [0.25, 0.3) is 0 Å². The second-order valence-electron chi connectivity index (χ2n) is 5.91. The molecule has 0 atom stereocenters. The molecule has 0 spiro atoms. The summed E-state index contributed by atoms with van der Waals surface area (Å²) in [4.78, 5) is 14.4. The van der Waals surface area contributed by atoms with Gasteiger partial charge in [0.15, 0.2) is 5.69 Å². The van der Waals surface area contributed by atoms with E-state index in [0.29, 0.717) is 31.0 Å². The van der Waals surface area contributed by atoms with Crippen molar-refractivity contribution < 1.29 is 9.53 Å². The lowest BCUT2D eigenvalue weighted by molar-refractivity contribution is 0.0516. The number of carbonyl (C=O) groups excluding carboxylic acids is 1. The van der Waals surface area contributed by atoms with Gasteiger partial charge in [-0.1, -0.05) is 18.2 Å². The van der Waals surface area contributed by atoms with Gasteiger partial charge in [-0.05, 0) is 25.6 Å². The molecule has 2 aromatic rings. The van der Waals surface area contributed by atoms with Gasteiger partial charge >= 0.3 is 5.97 Å². The zero-order chi connectivity index (χ0) is 17.1. The number of nitrogens with zero attached hydrogens (tertiary/aromatic N) is 4. The van der Waals surface area contributed by atoms with Crippen LogP contribution in [0.5, 0.6) is 0 Å². The largest absolute Gasteiger partial charge is 0.461 e. The molecule has 0 unspecified atom stereocenters. The number of ether oxygens (including phenoxy) is 1. The molecular weight excluding hydrogens is 304 g/mol. The lowest BCUT2D eigenvalue weighted by Gasteiger charge is -2.23. The van der Waals surface area contributed by atoms with E-state index in [1.807, 2.05) is 29.9 Å². The van der Waals surface area contributed by atoms with E-state index in [-0.39, 0.29) is 5.97 Å². The fraction of sp³-hybridized carbons (Fsp3) is 0.389. The Morgan fingerprint density at radius 2 is 2.21 bits per heavy atom. The topological polar surface area (TPSA) is 71.1 Å². The van der Waals surface area contributed by atoms with E-state index in [9.17, 15) is 10.1 Å². The number of fused-ring (bicyclic) bond motifs is 1. The van der Waals surface area contributed by atoms with Crippen LogP contribution in [0.25, 0.3) is 0 Å². The Morgan fingerprint density at radius 3 is 2.96 bits per heavy atom. The molecule has 0 saturated heterocycles. The molecule has 0 aliphatic carbocycles. The third-order valence-corrected chi connectivity index (χ3v) is 4.25. The molecule has 0 amide bonds. The van der Waals surface area contributed by atoms with Gasteiger partial charge in [-0.25, -0.2) is 4.79 Å². The summed E-state index contributed by atoms with van der Waals surface area (Å²) in [6.45, 7) is 4.20. The molecule has 2 heterocycles. The smallest absolute Gasteiger partial charge is 0.359 e. The predicted octanol–water partition coefficient (Wildman–Crippen LogP) is 1.97. The van der Waals surface area contributed by atoms with Crippen LogP contribution in [-0.2, 0) is 24.2 Å². The van der Waals surface area contributed by atoms with Crippen LogP contribution in [0.3, 0.4) is 0 Å². The summed E-state index contributed by atoms with van der Waals surface area (Å²) in [5.41, 5.74) is 3.93. The molecular formula is C18H20N4O2. The SMILES string of the molecule is CCOC(=O)c1nn(Cc2ccccc2C#N)c2c1CN(C)CC2. The van der Waals surface area contributed by atoms with Crippen molar-refractivity contribution in [3.05, 3.63) is 52.3 Å². The number of rotatable bonds is 4. The third kappa shape index (κ3) is 3.03. The highest BCUT2D eigenvalue weighted by Crippen LogP contribution is 2.24. The van der Waals surface area contributed by atoms with E-state index in [0.717, 1.165) is 29.8 Å². The van der Waals surface area contributed by atoms with Crippen molar-refractivity contribution in [3.8, 4) is 6.07 Å². The van der Waals surface area contributed by atoms with E-state index in [1.54, 1.807) is 13.0 Å². The Hall–Kier alpha value is -2.65. The van der Waals surface area contributed by atoms with Gasteiger partial charge < -0.3 is 9.64 Å². The Labute approximate surface area is 141 Å². The highest BCUT2D eigenvalue weighted by Gasteiger charge is 2.27. The number of aromatic nitrogens is 2. The minimum atomic E-state index is -0.378. The maximum atomic E-state index is 12.2. The summed E-state index contributed by atoms with van der Waals surface area (Å²) >= 11 is 0. The third-order valence-electron chi connectivity index (χ3n) is 4.25. The summed E-state index contributed by atoms with van der Waals surface area (Å²) in [6, 6.07) is 9.69. The van der Waals surface area contributed by atoms with Crippen molar-refractivity contribution in [2.24, 2.45) is 0 Å². The van der Waals surface area contributed by atoms with Crippen molar-refractivity contribution in [1.29, 1.82) is 5.26 Å². The van der Waals surface area contributed by atoms with E-state index in [1.165, 1.54) is 0 Å². The molecule has 0 radical (unpaired) electrons. The van der Waals surface area contributed by atoms with Crippen LogP contribution >= 0.6 is 0 Å². The van der Waals surface area contributed by atoms with E-state index in [4.69, 9.17) is 4.74 Å². The van der Waals surface area contributed by atoms with Gasteiger partial charge in [0.1, 0.15) is 0 Å². The first-order valence-electron chi connectivity index (χ1n) is 8.06. The fourth-order valence-corrected chi connectivity index (χ4v) is 3.05. The van der Waals surface area contributed by atoms with E-state index in [2.05, 4.69) is 16.1 Å². The van der Waals surface area contributed by atoms with Gasteiger partial charge in [-0.2, -0.15) is 10.4 Å². The van der Waals surface area contributed by atoms with Gasteiger partial charge in [0.2, 0.25) is 0 Å². The van der Waals surface area contributed by atoms with Crippen LogP contribution in [0.4, 0.5) is 0 Å². The molecule has 1 aliphatic heterocycles. The summed E-state index contributed by atoms with van der Waals surface area (Å²) < 4.78 is 7.00. The van der Waals surface area contributed by atoms with Crippen LogP contribution in [0, 0.1) is 11.3 Å². The number of nitriles is 1. The second-order valence-corrected chi connectivity index (χ2v) is 5.91. The Kier molecular flexibility index (Phi) is 4.63. The molecule has 0 saturated carbocycles. The van der Waals surface area contributed by atoms with Gasteiger partial charge in [-0.15, -0.1) is 0 Å². The fourth-order valence-electron chi connectivity index (χ4n) is 3.05. The first-order valence-corrected chi connectivity index (χ1v) is 8.06. The number of hydrogen-bond acceptors (Lipinski definition) is 5. The zero-order valence-corrected chi connectivity index (χ0v) is 14.0. The minimum absolute atomic E-state index is 0.327. The maximum Gasteiger partial charge on any atom is 0.359 e. The molecule has 0 bridgehead atoms. The van der Waals surface area contributed by atoms with E-state index >= 15 is 0 Å². The van der Waals surface area contributed by atoms with Crippen LogP contribution in [0.15, 0.2) is 24.3 Å². The molecule has 6 heteroatoms. The molecule has 0 N–H and O–H groups in total. The van der Waals surface area contributed by atoms with Crippen LogP contribution < -0.4 is 0 Å². The molecule has 0 fully saturated rings. The van der Waals surface area contributed by atoms with E-state index < -0.39 is 0 Å². The van der Waals surface area contributed by atoms with Crippen molar-refractivity contribution in [1.82, 2.24) is 14.7 Å². The summed E-state index contributed by atoms with van der Waals surface area (Å²) in [6.07, 6.45) is 0.826. The average Bonchev–Trinajstić information content (AvgIpc) is 2.93. The molecule has 24 heavy (non-hydrogen) atoms. The second kappa shape index (κ2) is 6.85. The van der Waals surface area contributed by atoms with Crippen LogP contribution in [0.1, 0.15) is 39.8 Å². The number of esters is 1. The molecule has 1 aromatic heterocycles. The lowest BCUT2D eigenvalue weighted by Crippen LogP contribution is -2.28. The predicted molar refractivity (Wildman–Crippen MR) is 88.5 cm³/mol. The Balaban J connectivity index is 2.01. The number of carbonyl (C=O) groups is 1. The number of benzene rings is 1. The maximum absolute atomic E-state index is 12.2. The molecule has 1 aliphatic rings. The monoisotopic (exact) mass is 324 g/mol. The van der Waals surface area contributed by atoms with Crippen molar-refractivity contribution in [3.63, 3.8) is 0 Å². The lowest BCUT2D eigenvalue weighted by atomic mass is 10.0. The highest BCUT2D eigenvalue weighted by molar-refractivity contribution is 5.89. The molecule has 3 rings (SSSR count). The number of hydrogen-bond donors (Lipinski definition) is 0.